The van der Waals surface area contributed by atoms with Crippen LogP contribution in [0, 0.1) is 6.92 Å². The predicted molar refractivity (Wildman–Crippen MR) is 102 cm³/mol. The number of benzene rings is 1. The molecule has 3 rings (SSSR count). The molecule has 27 heavy (non-hydrogen) atoms. The minimum Gasteiger partial charge on any atom is -0.325 e. The van der Waals surface area contributed by atoms with Gasteiger partial charge in [0.1, 0.15) is 12.1 Å². The Hall–Kier alpha value is -2.71. The number of aryl methyl sites for hydroxylation is 1. The maximum absolute atomic E-state index is 12.8. The quantitative estimate of drug-likeness (QED) is 0.634. The largest absolute Gasteiger partial charge is 0.344 e. The highest BCUT2D eigenvalue weighted by Gasteiger charge is 2.50. The van der Waals surface area contributed by atoms with Gasteiger partial charge in [0.15, 0.2) is 6.54 Å². The second-order valence-corrected chi connectivity index (χ2v) is 7.93. The lowest BCUT2D eigenvalue weighted by Crippen LogP contribution is -3.09. The smallest absolute Gasteiger partial charge is 0.325 e. The second-order valence-electron chi connectivity index (χ2n) is 6.93. The fourth-order valence-electron chi connectivity index (χ4n) is 3.07. The highest BCUT2D eigenvalue weighted by Crippen LogP contribution is 2.27. The van der Waals surface area contributed by atoms with Gasteiger partial charge in [0, 0.05) is 0 Å². The number of hydrazine groups is 1. The zero-order valence-electron chi connectivity index (χ0n) is 15.5. The number of hydrogen-bond acceptors (Lipinski definition) is 4. The highest BCUT2D eigenvalue weighted by molar-refractivity contribution is 7.10. The van der Waals surface area contributed by atoms with Gasteiger partial charge in [-0.25, -0.2) is 4.79 Å². The summed E-state index contributed by atoms with van der Waals surface area (Å²) in [6.45, 7) is 4.53. The van der Waals surface area contributed by atoms with Crippen molar-refractivity contribution in [3.63, 3.8) is 0 Å². The van der Waals surface area contributed by atoms with Gasteiger partial charge in [0.2, 0.25) is 0 Å². The summed E-state index contributed by atoms with van der Waals surface area (Å²) in [4.78, 5) is 39.6. The molecule has 7 nitrogen and oxygen atoms in total. The van der Waals surface area contributed by atoms with E-state index in [1.165, 1.54) is 10.4 Å². The number of carbonyl (C=O) groups is 3. The van der Waals surface area contributed by atoms with Crippen LogP contribution in [0.15, 0.2) is 41.8 Å². The van der Waals surface area contributed by atoms with Gasteiger partial charge in [0.05, 0.1) is 11.9 Å². The summed E-state index contributed by atoms with van der Waals surface area (Å²) in [5.74, 6) is -0.888. The summed E-state index contributed by atoms with van der Waals surface area (Å²) in [7, 11) is 1.90. The van der Waals surface area contributed by atoms with Crippen molar-refractivity contribution >= 4 is 29.2 Å². The molecule has 4 amide bonds. The first-order valence-corrected chi connectivity index (χ1v) is 9.55. The fourth-order valence-corrected chi connectivity index (χ4v) is 4.09. The number of nitrogens with one attached hydrogen (secondary N) is 3. The molecule has 0 aliphatic carbocycles. The van der Waals surface area contributed by atoms with E-state index in [1.807, 2.05) is 31.5 Å². The van der Waals surface area contributed by atoms with Gasteiger partial charge >= 0.3 is 6.03 Å². The van der Waals surface area contributed by atoms with Gasteiger partial charge in [-0.1, -0.05) is 30.3 Å². The summed E-state index contributed by atoms with van der Waals surface area (Å²) in [5.41, 5.74) is 3.11. The van der Waals surface area contributed by atoms with Crippen LogP contribution in [-0.2, 0) is 21.7 Å². The summed E-state index contributed by atoms with van der Waals surface area (Å²) < 4.78 is 0. The molecular weight excluding hydrogens is 364 g/mol. The van der Waals surface area contributed by atoms with Crippen LogP contribution in [0.3, 0.4) is 0 Å². The van der Waals surface area contributed by atoms with E-state index < -0.39 is 17.5 Å². The van der Waals surface area contributed by atoms with Gasteiger partial charge in [-0.3, -0.25) is 15.0 Å². The molecule has 0 spiro atoms. The van der Waals surface area contributed by atoms with Crippen LogP contribution < -0.4 is 15.6 Å². The van der Waals surface area contributed by atoms with E-state index in [-0.39, 0.29) is 12.5 Å². The number of quaternary nitrogens is 1. The van der Waals surface area contributed by atoms with Crippen molar-refractivity contribution in [1.82, 2.24) is 15.8 Å². The summed E-state index contributed by atoms with van der Waals surface area (Å²) >= 11 is 1.65. The molecule has 0 radical (unpaired) electrons. The van der Waals surface area contributed by atoms with E-state index >= 15 is 0 Å². The van der Waals surface area contributed by atoms with Crippen LogP contribution in [0.1, 0.15) is 22.9 Å². The zero-order valence-corrected chi connectivity index (χ0v) is 16.4. The molecule has 3 N–H and O–H groups in total. The van der Waals surface area contributed by atoms with Crippen LogP contribution >= 0.6 is 11.3 Å². The predicted octanol–water partition coefficient (Wildman–Crippen LogP) is 0.570. The third-order valence-corrected chi connectivity index (χ3v) is 5.69. The van der Waals surface area contributed by atoms with Crippen molar-refractivity contribution in [2.24, 2.45) is 0 Å². The number of likely N-dealkylation sites (N-methyl/N-ethyl adjacent to an activating group) is 1. The number of imide groups is 1. The number of hydrogen-bond donors (Lipinski definition) is 3. The fraction of sp³-hybridized carbons (Fsp3) is 0.316. The second kappa shape index (κ2) is 7.50. The van der Waals surface area contributed by atoms with Crippen molar-refractivity contribution in [1.29, 1.82) is 0 Å². The Kier molecular flexibility index (Phi) is 5.29. The number of thiophene rings is 1. The Morgan fingerprint density at radius 2 is 1.96 bits per heavy atom. The normalized spacial score (nSPS) is 20.5. The molecule has 1 fully saturated rings. The number of carbonyl (C=O) groups excluding carboxylic acids is 3. The highest BCUT2D eigenvalue weighted by atomic mass is 32.1. The molecule has 1 aromatic heterocycles. The molecular formula is C19H23N4O3S+. The van der Waals surface area contributed by atoms with Crippen molar-refractivity contribution in [2.75, 3.05) is 13.6 Å². The van der Waals surface area contributed by atoms with Crippen molar-refractivity contribution in [3.8, 4) is 0 Å². The average molecular weight is 387 g/mol. The summed E-state index contributed by atoms with van der Waals surface area (Å²) in [6, 6.07) is 10.4. The molecule has 142 valence electrons. The van der Waals surface area contributed by atoms with E-state index in [1.54, 1.807) is 42.5 Å². The molecule has 0 bridgehead atoms. The number of rotatable bonds is 6. The van der Waals surface area contributed by atoms with E-state index in [0.717, 1.165) is 9.91 Å². The Morgan fingerprint density at radius 1 is 1.26 bits per heavy atom. The Balaban J connectivity index is 1.63. The zero-order chi connectivity index (χ0) is 19.6. The van der Waals surface area contributed by atoms with Gasteiger partial charge in [-0.05, 0) is 36.4 Å². The van der Waals surface area contributed by atoms with Crippen LogP contribution in [0.2, 0.25) is 0 Å². The molecule has 1 aliphatic rings. The molecule has 0 saturated carbocycles. The van der Waals surface area contributed by atoms with Crippen molar-refractivity contribution < 1.29 is 19.3 Å². The van der Waals surface area contributed by atoms with E-state index in [4.69, 9.17) is 0 Å². The lowest BCUT2D eigenvalue weighted by molar-refractivity contribution is -0.885. The van der Waals surface area contributed by atoms with Crippen molar-refractivity contribution in [3.05, 3.63) is 57.8 Å². The minimum absolute atomic E-state index is 0.149. The van der Waals surface area contributed by atoms with Gasteiger partial charge < -0.3 is 10.2 Å². The lowest BCUT2D eigenvalue weighted by Gasteiger charge is -2.22. The van der Waals surface area contributed by atoms with E-state index in [9.17, 15) is 14.4 Å². The van der Waals surface area contributed by atoms with Gasteiger partial charge in [-0.2, -0.15) is 5.01 Å². The monoisotopic (exact) mass is 387 g/mol. The molecule has 1 saturated heterocycles. The summed E-state index contributed by atoms with van der Waals surface area (Å²) in [6.07, 6.45) is 0. The molecule has 2 heterocycles. The van der Waals surface area contributed by atoms with E-state index in [0.29, 0.717) is 12.1 Å². The number of nitrogens with zero attached hydrogens (tertiary/aromatic N) is 1. The lowest BCUT2D eigenvalue weighted by atomic mass is 9.92. The molecule has 2 atom stereocenters. The first-order valence-electron chi connectivity index (χ1n) is 8.67. The number of urea groups is 1. The summed E-state index contributed by atoms with van der Waals surface area (Å²) in [5, 5.41) is 5.47. The van der Waals surface area contributed by atoms with Crippen LogP contribution in [0.25, 0.3) is 0 Å². The van der Waals surface area contributed by atoms with E-state index in [2.05, 4.69) is 10.7 Å². The molecule has 2 aromatic rings. The topological polar surface area (TPSA) is 82.9 Å². The average Bonchev–Trinajstić information content (AvgIpc) is 3.12. The molecule has 1 unspecified atom stereocenters. The molecule has 1 aromatic carbocycles. The maximum atomic E-state index is 12.8. The van der Waals surface area contributed by atoms with Crippen LogP contribution in [0.4, 0.5) is 4.79 Å². The molecule has 8 heteroatoms. The Morgan fingerprint density at radius 3 is 2.59 bits per heavy atom. The van der Waals surface area contributed by atoms with Gasteiger partial charge in [0.25, 0.3) is 11.8 Å². The molecule has 1 aliphatic heterocycles. The van der Waals surface area contributed by atoms with Crippen LogP contribution in [-0.4, -0.2) is 36.4 Å². The number of amides is 4. The standard InChI is InChI=1S/C19H22N4O3S/c1-13-9-10-27-15(13)11-22(3)12-16(24)21-23-17(25)19(2,20-18(23)26)14-7-5-4-6-8-14/h4-10H,11-12H2,1-3H3,(H,20,26)(H,21,24)/p+1/t19-/m1/s1. The third kappa shape index (κ3) is 3.86. The Labute approximate surface area is 161 Å². The first kappa shape index (κ1) is 19.1. The maximum Gasteiger partial charge on any atom is 0.344 e. The minimum atomic E-state index is -1.20. The van der Waals surface area contributed by atoms with Gasteiger partial charge in [-0.15, -0.1) is 11.3 Å². The first-order chi connectivity index (χ1) is 12.8. The van der Waals surface area contributed by atoms with Crippen molar-refractivity contribution in [2.45, 2.75) is 25.9 Å². The Bertz CT molecular complexity index is 867. The van der Waals surface area contributed by atoms with Crippen LogP contribution in [0.5, 0.6) is 0 Å². The SMILES string of the molecule is Cc1ccsc1C[NH+](C)CC(=O)NN1C(=O)N[C@](C)(c2ccccc2)C1=O. The third-order valence-electron chi connectivity index (χ3n) is 4.67.